The smallest absolute Gasteiger partial charge is 0.224 e. The molecule has 1 saturated heterocycles. The lowest BCUT2D eigenvalue weighted by Crippen LogP contribution is -2.36. The second-order valence-corrected chi connectivity index (χ2v) is 5.84. The summed E-state index contributed by atoms with van der Waals surface area (Å²) < 4.78 is 0. The van der Waals surface area contributed by atoms with Gasteiger partial charge in [-0.15, -0.1) is 0 Å². The normalized spacial score (nSPS) is 14.7. The zero-order chi connectivity index (χ0) is 15.8. The first-order chi connectivity index (χ1) is 10.7. The standard InChI is InChI=1S/C18H29N3O/c1-3-20(4-2)17-10-8-16(9-11-17)19-13-12-18(22)21-14-6-5-7-15-21/h8-11,19H,3-7,12-15H2,1-2H3. The minimum atomic E-state index is 0.284. The molecule has 1 aromatic rings. The number of nitrogens with zero attached hydrogens (tertiary/aromatic N) is 2. The maximum Gasteiger partial charge on any atom is 0.224 e. The van der Waals surface area contributed by atoms with Crippen LogP contribution < -0.4 is 10.2 Å². The third-order valence-corrected chi connectivity index (χ3v) is 4.37. The van der Waals surface area contributed by atoms with Crippen LogP contribution in [0.1, 0.15) is 39.5 Å². The van der Waals surface area contributed by atoms with Gasteiger partial charge in [0.1, 0.15) is 0 Å². The van der Waals surface area contributed by atoms with Crippen molar-refractivity contribution in [3.8, 4) is 0 Å². The monoisotopic (exact) mass is 303 g/mol. The molecule has 22 heavy (non-hydrogen) atoms. The van der Waals surface area contributed by atoms with Crippen LogP contribution in [-0.4, -0.2) is 43.5 Å². The maximum atomic E-state index is 12.1. The van der Waals surface area contributed by atoms with E-state index >= 15 is 0 Å². The summed E-state index contributed by atoms with van der Waals surface area (Å²) in [6.07, 6.45) is 4.16. The van der Waals surface area contributed by atoms with Gasteiger partial charge in [-0.25, -0.2) is 0 Å². The molecule has 2 rings (SSSR count). The Kier molecular flexibility index (Phi) is 6.56. The molecule has 0 bridgehead atoms. The molecule has 0 unspecified atom stereocenters. The molecule has 1 N–H and O–H groups in total. The molecule has 0 radical (unpaired) electrons. The second kappa shape index (κ2) is 8.66. The van der Waals surface area contributed by atoms with Crippen molar-refractivity contribution in [2.24, 2.45) is 0 Å². The first kappa shape index (κ1) is 16.7. The van der Waals surface area contributed by atoms with Gasteiger partial charge in [0.25, 0.3) is 0 Å². The van der Waals surface area contributed by atoms with Crippen LogP contribution in [0.4, 0.5) is 11.4 Å². The number of hydrogen-bond donors (Lipinski definition) is 1. The van der Waals surface area contributed by atoms with Crippen molar-refractivity contribution >= 4 is 17.3 Å². The van der Waals surface area contributed by atoms with Crippen LogP contribution in [0, 0.1) is 0 Å². The molecule has 4 nitrogen and oxygen atoms in total. The fraction of sp³-hybridized carbons (Fsp3) is 0.611. The Labute approximate surface area is 134 Å². The minimum absolute atomic E-state index is 0.284. The molecule has 0 spiro atoms. The number of hydrogen-bond acceptors (Lipinski definition) is 3. The molecule has 1 aromatic carbocycles. The van der Waals surface area contributed by atoms with Crippen LogP contribution in [0.5, 0.6) is 0 Å². The highest BCUT2D eigenvalue weighted by molar-refractivity contribution is 5.76. The fourth-order valence-corrected chi connectivity index (χ4v) is 2.99. The lowest BCUT2D eigenvalue weighted by Gasteiger charge is -2.26. The number of nitrogens with one attached hydrogen (secondary N) is 1. The summed E-state index contributed by atoms with van der Waals surface area (Å²) in [7, 11) is 0. The topological polar surface area (TPSA) is 35.6 Å². The van der Waals surface area contributed by atoms with E-state index in [-0.39, 0.29) is 5.91 Å². The molecule has 0 saturated carbocycles. The fourth-order valence-electron chi connectivity index (χ4n) is 2.99. The predicted octanol–water partition coefficient (Wildman–Crippen LogP) is 3.35. The summed E-state index contributed by atoms with van der Waals surface area (Å²) in [4.78, 5) is 16.4. The van der Waals surface area contributed by atoms with E-state index in [4.69, 9.17) is 0 Å². The van der Waals surface area contributed by atoms with Crippen molar-refractivity contribution in [2.75, 3.05) is 42.9 Å². The van der Waals surface area contributed by atoms with E-state index in [9.17, 15) is 4.79 Å². The van der Waals surface area contributed by atoms with Gasteiger partial charge in [-0.05, 0) is 57.4 Å². The third kappa shape index (κ3) is 4.65. The van der Waals surface area contributed by atoms with E-state index in [0.717, 1.165) is 44.7 Å². The number of benzene rings is 1. The molecule has 0 aliphatic carbocycles. The maximum absolute atomic E-state index is 12.1. The Hall–Kier alpha value is -1.71. The highest BCUT2D eigenvalue weighted by atomic mass is 16.2. The molecular weight excluding hydrogens is 274 g/mol. The Morgan fingerprint density at radius 3 is 2.32 bits per heavy atom. The highest BCUT2D eigenvalue weighted by Gasteiger charge is 2.15. The highest BCUT2D eigenvalue weighted by Crippen LogP contribution is 2.17. The summed E-state index contributed by atoms with van der Waals surface area (Å²) >= 11 is 0. The van der Waals surface area contributed by atoms with Gasteiger partial charge in [-0.3, -0.25) is 4.79 Å². The molecule has 1 amide bonds. The van der Waals surface area contributed by atoms with Crippen molar-refractivity contribution in [1.29, 1.82) is 0 Å². The van der Waals surface area contributed by atoms with E-state index in [1.807, 2.05) is 4.90 Å². The zero-order valence-corrected chi connectivity index (χ0v) is 14.0. The van der Waals surface area contributed by atoms with Gasteiger partial charge < -0.3 is 15.1 Å². The Morgan fingerprint density at radius 1 is 1.09 bits per heavy atom. The number of piperidine rings is 1. The van der Waals surface area contributed by atoms with Gasteiger partial charge in [0, 0.05) is 50.5 Å². The average molecular weight is 303 g/mol. The van der Waals surface area contributed by atoms with Gasteiger partial charge in [0.2, 0.25) is 5.91 Å². The Morgan fingerprint density at radius 2 is 1.73 bits per heavy atom. The lowest BCUT2D eigenvalue weighted by atomic mass is 10.1. The molecule has 1 aliphatic heterocycles. The summed E-state index contributed by atoms with van der Waals surface area (Å²) in [5.41, 5.74) is 2.34. The summed E-state index contributed by atoms with van der Waals surface area (Å²) in [5.74, 6) is 0.284. The SMILES string of the molecule is CCN(CC)c1ccc(NCCC(=O)N2CCCCC2)cc1. The second-order valence-electron chi connectivity index (χ2n) is 5.84. The van der Waals surface area contributed by atoms with Gasteiger partial charge >= 0.3 is 0 Å². The largest absolute Gasteiger partial charge is 0.385 e. The molecule has 122 valence electrons. The van der Waals surface area contributed by atoms with E-state index in [0.29, 0.717) is 13.0 Å². The van der Waals surface area contributed by atoms with Crippen molar-refractivity contribution in [1.82, 2.24) is 4.90 Å². The minimum Gasteiger partial charge on any atom is -0.385 e. The number of anilines is 2. The summed E-state index contributed by atoms with van der Waals surface area (Å²) in [5, 5.41) is 3.35. The summed E-state index contributed by atoms with van der Waals surface area (Å²) in [6.45, 7) is 8.97. The van der Waals surface area contributed by atoms with Crippen LogP contribution in [0.2, 0.25) is 0 Å². The predicted molar refractivity (Wildman–Crippen MR) is 93.5 cm³/mol. The van der Waals surface area contributed by atoms with Gasteiger partial charge in [0.05, 0.1) is 0 Å². The van der Waals surface area contributed by atoms with Crippen molar-refractivity contribution in [3.63, 3.8) is 0 Å². The quantitative estimate of drug-likeness (QED) is 0.839. The molecular formula is C18H29N3O. The molecule has 1 fully saturated rings. The zero-order valence-electron chi connectivity index (χ0n) is 14.0. The van der Waals surface area contributed by atoms with Gasteiger partial charge in [0.15, 0.2) is 0 Å². The molecule has 1 heterocycles. The average Bonchev–Trinajstić information content (AvgIpc) is 2.58. The van der Waals surface area contributed by atoms with Crippen LogP contribution in [0.15, 0.2) is 24.3 Å². The van der Waals surface area contributed by atoms with E-state index in [1.165, 1.54) is 12.1 Å². The van der Waals surface area contributed by atoms with E-state index in [2.05, 4.69) is 48.3 Å². The number of likely N-dealkylation sites (tertiary alicyclic amines) is 1. The lowest BCUT2D eigenvalue weighted by molar-refractivity contribution is -0.131. The number of carbonyl (C=O) groups is 1. The molecule has 0 atom stereocenters. The molecule has 0 aromatic heterocycles. The Balaban J connectivity index is 1.75. The third-order valence-electron chi connectivity index (χ3n) is 4.37. The Bertz CT molecular complexity index is 448. The summed E-state index contributed by atoms with van der Waals surface area (Å²) in [6, 6.07) is 8.47. The van der Waals surface area contributed by atoms with Crippen LogP contribution >= 0.6 is 0 Å². The van der Waals surface area contributed by atoms with Crippen LogP contribution in [-0.2, 0) is 4.79 Å². The number of rotatable bonds is 7. The van der Waals surface area contributed by atoms with Gasteiger partial charge in [-0.2, -0.15) is 0 Å². The first-order valence-electron chi connectivity index (χ1n) is 8.61. The van der Waals surface area contributed by atoms with E-state index < -0.39 is 0 Å². The van der Waals surface area contributed by atoms with Gasteiger partial charge in [-0.1, -0.05) is 0 Å². The van der Waals surface area contributed by atoms with Crippen molar-refractivity contribution < 1.29 is 4.79 Å². The number of carbonyl (C=O) groups excluding carboxylic acids is 1. The first-order valence-corrected chi connectivity index (χ1v) is 8.61. The van der Waals surface area contributed by atoms with Crippen molar-refractivity contribution in [2.45, 2.75) is 39.5 Å². The van der Waals surface area contributed by atoms with Crippen LogP contribution in [0.25, 0.3) is 0 Å². The number of amides is 1. The molecule has 1 aliphatic rings. The van der Waals surface area contributed by atoms with E-state index in [1.54, 1.807) is 0 Å². The van der Waals surface area contributed by atoms with Crippen molar-refractivity contribution in [3.05, 3.63) is 24.3 Å². The molecule has 4 heteroatoms. The van der Waals surface area contributed by atoms with Crippen LogP contribution in [0.3, 0.4) is 0 Å².